The van der Waals surface area contributed by atoms with Crippen LogP contribution < -0.4 is 9.74 Å². The molecular weight excluding hydrogens is 495 g/mol. The fourth-order valence-corrected chi connectivity index (χ4v) is 5.83. The molecule has 0 unspecified atom stereocenters. The van der Waals surface area contributed by atoms with E-state index in [4.69, 9.17) is 8.84 Å². The van der Waals surface area contributed by atoms with E-state index in [-0.39, 0.29) is 10.8 Å². The minimum Gasteiger partial charge on any atom is -0.544 e. The number of rotatable bonds is 12. The third-order valence-electron chi connectivity index (χ3n) is 6.11. The number of nitrogens with zero attached hydrogens (tertiary/aromatic N) is 2. The molecule has 0 fully saturated rings. The summed E-state index contributed by atoms with van der Waals surface area (Å²) in [6.45, 7) is 16.2. The maximum atomic E-state index is 12.4. The largest absolute Gasteiger partial charge is 0.544 e. The number of benzene rings is 1. The van der Waals surface area contributed by atoms with E-state index in [9.17, 15) is 4.79 Å². The Morgan fingerprint density at radius 2 is 1.89 bits per heavy atom. The van der Waals surface area contributed by atoms with Crippen molar-refractivity contribution >= 4 is 37.2 Å². The maximum absolute atomic E-state index is 12.4. The van der Waals surface area contributed by atoms with Gasteiger partial charge in [-0.15, -0.1) is 23.1 Å². The van der Waals surface area contributed by atoms with Gasteiger partial charge in [0.2, 0.25) is 14.2 Å². The van der Waals surface area contributed by atoms with E-state index >= 15 is 0 Å². The van der Waals surface area contributed by atoms with Gasteiger partial charge in [0.1, 0.15) is 16.5 Å². The molecule has 9 heteroatoms. The van der Waals surface area contributed by atoms with Crippen molar-refractivity contribution in [2.45, 2.75) is 81.6 Å². The molecule has 0 radical (unpaired) electrons. The van der Waals surface area contributed by atoms with Crippen molar-refractivity contribution in [3.05, 3.63) is 58.9 Å². The minimum atomic E-state index is -1.86. The van der Waals surface area contributed by atoms with E-state index in [2.05, 4.69) is 63.0 Å². The molecule has 3 rings (SSSR count). The molecule has 0 aliphatic rings. The van der Waals surface area contributed by atoms with Crippen LogP contribution in [-0.4, -0.2) is 30.6 Å². The van der Waals surface area contributed by atoms with Gasteiger partial charge in [0, 0.05) is 18.9 Å². The van der Waals surface area contributed by atoms with Crippen LogP contribution in [0.4, 0.5) is 0 Å². The summed E-state index contributed by atoms with van der Waals surface area (Å²) >= 11 is 3.29. The summed E-state index contributed by atoms with van der Waals surface area (Å²) in [5.74, 6) is 3.70. The molecule has 0 saturated carbocycles. The highest BCUT2D eigenvalue weighted by atomic mass is 32.2. The number of thiazole rings is 1. The lowest BCUT2D eigenvalue weighted by Crippen LogP contribution is -2.43. The summed E-state index contributed by atoms with van der Waals surface area (Å²) < 4.78 is 13.2. The number of oxazole rings is 1. The van der Waals surface area contributed by atoms with Crippen molar-refractivity contribution in [3.8, 4) is 5.75 Å². The molecule has 0 amide bonds. The monoisotopic (exact) mass is 531 g/mol. The molecule has 0 saturated heterocycles. The number of aromatic nitrogens is 2. The summed E-state index contributed by atoms with van der Waals surface area (Å²) in [4.78, 5) is 21.2. The highest BCUT2D eigenvalue weighted by molar-refractivity contribution is 8.00. The minimum absolute atomic E-state index is 0.151. The van der Waals surface area contributed by atoms with Gasteiger partial charge in [0.15, 0.2) is 5.78 Å². The first-order valence-corrected chi connectivity index (χ1v) is 16.7. The Hall–Kier alpha value is -1.94. The van der Waals surface area contributed by atoms with Crippen LogP contribution >= 0.6 is 23.1 Å². The first-order valence-electron chi connectivity index (χ1n) is 12.0. The van der Waals surface area contributed by atoms with Gasteiger partial charge >= 0.3 is 0 Å². The van der Waals surface area contributed by atoms with E-state index in [1.54, 1.807) is 29.3 Å². The van der Waals surface area contributed by atoms with E-state index < -0.39 is 8.32 Å². The van der Waals surface area contributed by atoms with E-state index in [1.807, 2.05) is 30.5 Å². The summed E-state index contributed by atoms with van der Waals surface area (Å²) in [7, 11) is -1.86. The van der Waals surface area contributed by atoms with Gasteiger partial charge < -0.3 is 14.2 Å². The molecule has 190 valence electrons. The Bertz CT molecular complexity index is 1100. The average molecular weight is 532 g/mol. The van der Waals surface area contributed by atoms with E-state index in [0.29, 0.717) is 31.2 Å². The molecule has 6 nitrogen and oxygen atoms in total. The van der Waals surface area contributed by atoms with Crippen LogP contribution in [0, 0.1) is 0 Å². The Kier molecular flexibility index (Phi) is 9.37. The van der Waals surface area contributed by atoms with Gasteiger partial charge in [-0.3, -0.25) is 4.79 Å². The van der Waals surface area contributed by atoms with Gasteiger partial charge in [-0.25, -0.2) is 9.97 Å². The number of hydrogen-bond donors (Lipinski definition) is 1. The molecule has 2 aromatic heterocycles. The number of nitrogens with one attached hydrogen (secondary N) is 1. The predicted octanol–water partition coefficient (Wildman–Crippen LogP) is 6.83. The second kappa shape index (κ2) is 11.9. The highest BCUT2D eigenvalue weighted by Crippen LogP contribution is 2.37. The lowest BCUT2D eigenvalue weighted by molar-refractivity contribution is -0.117. The van der Waals surface area contributed by atoms with Crippen LogP contribution in [-0.2, 0) is 23.5 Å². The van der Waals surface area contributed by atoms with Crippen LogP contribution in [0.25, 0.3) is 0 Å². The third kappa shape index (κ3) is 8.30. The molecule has 0 spiro atoms. The maximum Gasteiger partial charge on any atom is 0.250 e. The molecule has 1 aromatic carbocycles. The summed E-state index contributed by atoms with van der Waals surface area (Å²) in [6, 6.07) is 7.94. The highest BCUT2D eigenvalue weighted by Gasteiger charge is 2.38. The van der Waals surface area contributed by atoms with Crippen LogP contribution in [0.2, 0.25) is 18.1 Å². The Morgan fingerprint density at radius 1 is 1.17 bits per heavy atom. The first-order chi connectivity index (χ1) is 16.4. The molecule has 2 heterocycles. The summed E-state index contributed by atoms with van der Waals surface area (Å²) in [6.07, 6.45) is 4.08. The van der Waals surface area contributed by atoms with Crippen molar-refractivity contribution in [1.82, 2.24) is 15.3 Å². The number of thioether (sulfide) groups is 1. The first kappa shape index (κ1) is 27.6. The third-order valence-corrected chi connectivity index (χ3v) is 12.6. The zero-order valence-electron chi connectivity index (χ0n) is 21.8. The Morgan fingerprint density at radius 3 is 2.51 bits per heavy atom. The Labute approximate surface area is 218 Å². The summed E-state index contributed by atoms with van der Waals surface area (Å²) in [5.41, 5.74) is 1.000. The molecule has 0 aliphatic heterocycles. The smallest absolute Gasteiger partial charge is 0.250 e. The molecule has 35 heavy (non-hydrogen) atoms. The van der Waals surface area contributed by atoms with E-state index in [1.165, 1.54) is 0 Å². The van der Waals surface area contributed by atoms with Gasteiger partial charge in [-0.2, -0.15) is 0 Å². The fraction of sp³-hybridized carbons (Fsp3) is 0.500. The lowest BCUT2D eigenvalue weighted by atomic mass is 10.1. The molecule has 3 aromatic rings. The number of ketones is 1. The second-order valence-corrected chi connectivity index (χ2v) is 17.6. The van der Waals surface area contributed by atoms with Crippen molar-refractivity contribution in [3.63, 3.8) is 0 Å². The second-order valence-electron chi connectivity index (χ2n) is 10.5. The van der Waals surface area contributed by atoms with Crippen LogP contribution in [0.5, 0.6) is 5.75 Å². The average Bonchev–Trinajstić information content (AvgIpc) is 3.42. The molecule has 1 N–H and O–H groups in total. The number of carbonyl (C=O) groups is 1. The predicted molar refractivity (Wildman–Crippen MR) is 147 cm³/mol. The van der Waals surface area contributed by atoms with Crippen molar-refractivity contribution in [2.75, 3.05) is 6.54 Å². The number of hydrogen-bond acceptors (Lipinski definition) is 8. The van der Waals surface area contributed by atoms with Crippen LogP contribution in [0.15, 0.2) is 45.3 Å². The molecule has 0 bridgehead atoms. The van der Waals surface area contributed by atoms with Crippen LogP contribution in [0.3, 0.4) is 0 Å². The van der Waals surface area contributed by atoms with Crippen LogP contribution in [0.1, 0.15) is 62.8 Å². The zero-order chi connectivity index (χ0) is 25.6. The van der Waals surface area contributed by atoms with Gasteiger partial charge in [0.25, 0.3) is 0 Å². The molecule has 0 aliphatic carbocycles. The standard InChI is InChI=1S/C26H37N3O3S2Si/c1-18(2)22-14-28-23(31-22)17-33-25-16-29-24(34-25)15-27-13-20(30)12-19-8-10-21(11-9-19)32-35(6,7)26(3,4)5/h8-11,14,16,18,27H,12-13,15,17H2,1-7H3. The Balaban J connectivity index is 1.39. The van der Waals surface area contributed by atoms with Crippen molar-refractivity contribution < 1.29 is 13.6 Å². The summed E-state index contributed by atoms with van der Waals surface area (Å²) in [5, 5.41) is 4.33. The van der Waals surface area contributed by atoms with Crippen molar-refractivity contribution in [2.24, 2.45) is 0 Å². The van der Waals surface area contributed by atoms with Gasteiger partial charge in [0.05, 0.1) is 28.9 Å². The van der Waals surface area contributed by atoms with Gasteiger partial charge in [-0.1, -0.05) is 46.8 Å². The fourth-order valence-electron chi connectivity index (χ4n) is 2.95. The van der Waals surface area contributed by atoms with E-state index in [0.717, 1.165) is 32.2 Å². The zero-order valence-corrected chi connectivity index (χ0v) is 24.4. The quantitative estimate of drug-likeness (QED) is 0.203. The van der Waals surface area contributed by atoms with Crippen molar-refractivity contribution in [1.29, 1.82) is 0 Å². The number of Topliss-reactive ketones (excluding diaryl/α,β-unsaturated/α-hetero) is 1. The lowest BCUT2D eigenvalue weighted by Gasteiger charge is -2.36. The SMILES string of the molecule is CC(C)c1cnc(CSc2cnc(CNCC(=O)Cc3ccc(O[Si](C)(C)C(C)(C)C)cc3)s2)o1. The topological polar surface area (TPSA) is 77.2 Å². The molecular formula is C26H37N3O3S2Si. The normalized spacial score (nSPS) is 12.3. The van der Waals surface area contributed by atoms with Gasteiger partial charge in [-0.05, 0) is 35.8 Å². The number of carbonyl (C=O) groups excluding carboxylic acids is 1. The molecule has 0 atom stereocenters.